The van der Waals surface area contributed by atoms with Gasteiger partial charge in [-0.15, -0.1) is 0 Å². The third-order valence-electron chi connectivity index (χ3n) is 2.08. The van der Waals surface area contributed by atoms with Crippen LogP contribution in [0.1, 0.15) is 5.56 Å². The number of thiocarbonyl (C=S) groups is 1. The SMILES string of the molecule is NC(=S)c1ccc(Cl)cc1NCC(F)(F)C(F)F. The molecule has 0 atom stereocenters. The van der Waals surface area contributed by atoms with Gasteiger partial charge >= 0.3 is 12.3 Å². The van der Waals surface area contributed by atoms with E-state index in [9.17, 15) is 17.6 Å². The maximum absolute atomic E-state index is 12.8. The molecule has 0 saturated heterocycles. The molecule has 0 bridgehead atoms. The van der Waals surface area contributed by atoms with Crippen molar-refractivity contribution in [3.05, 3.63) is 28.8 Å². The third kappa shape index (κ3) is 3.71. The third-order valence-corrected chi connectivity index (χ3v) is 2.54. The molecule has 1 rings (SSSR count). The number of hydrogen-bond acceptors (Lipinski definition) is 2. The molecule has 0 heterocycles. The van der Waals surface area contributed by atoms with Crippen molar-refractivity contribution in [1.82, 2.24) is 0 Å². The molecule has 1 aromatic rings. The lowest BCUT2D eigenvalue weighted by atomic mass is 10.1. The van der Waals surface area contributed by atoms with Gasteiger partial charge in [-0.25, -0.2) is 8.78 Å². The van der Waals surface area contributed by atoms with E-state index < -0.39 is 18.9 Å². The molecule has 0 aliphatic heterocycles. The normalized spacial score (nSPS) is 11.7. The molecule has 0 spiro atoms. The minimum atomic E-state index is -4.14. The highest BCUT2D eigenvalue weighted by Gasteiger charge is 2.40. The highest BCUT2D eigenvalue weighted by Crippen LogP contribution is 2.26. The Hall–Kier alpha value is -1.08. The van der Waals surface area contributed by atoms with E-state index in [0.717, 1.165) is 0 Å². The molecule has 0 radical (unpaired) electrons. The maximum Gasteiger partial charge on any atom is 0.324 e. The van der Waals surface area contributed by atoms with E-state index in [2.05, 4.69) is 5.32 Å². The summed E-state index contributed by atoms with van der Waals surface area (Å²) in [4.78, 5) is -0.0467. The summed E-state index contributed by atoms with van der Waals surface area (Å²) in [6, 6.07) is 4.18. The molecule has 0 amide bonds. The van der Waals surface area contributed by atoms with Gasteiger partial charge in [-0.1, -0.05) is 23.8 Å². The largest absolute Gasteiger partial charge is 0.389 e. The van der Waals surface area contributed by atoms with Crippen LogP contribution in [0.25, 0.3) is 0 Å². The van der Waals surface area contributed by atoms with Crippen LogP contribution in [0.5, 0.6) is 0 Å². The van der Waals surface area contributed by atoms with Gasteiger partial charge in [0.25, 0.3) is 0 Å². The second kappa shape index (κ2) is 5.71. The van der Waals surface area contributed by atoms with E-state index in [-0.39, 0.29) is 21.3 Å². The zero-order valence-electron chi connectivity index (χ0n) is 8.89. The summed E-state index contributed by atoms with van der Waals surface area (Å²) < 4.78 is 49.5. The molecule has 0 aromatic heterocycles. The first-order valence-corrected chi connectivity index (χ1v) is 5.52. The molecular formula is C10H9ClF4N2S. The summed E-state index contributed by atoms with van der Waals surface area (Å²) in [6.45, 7) is -1.24. The zero-order valence-corrected chi connectivity index (χ0v) is 10.5. The molecule has 100 valence electrons. The lowest BCUT2D eigenvalue weighted by Crippen LogP contribution is -2.35. The van der Waals surface area contributed by atoms with E-state index in [1.54, 1.807) is 0 Å². The van der Waals surface area contributed by atoms with Crippen molar-refractivity contribution in [3.8, 4) is 0 Å². The van der Waals surface area contributed by atoms with Crippen molar-refractivity contribution in [3.63, 3.8) is 0 Å². The molecule has 0 fully saturated rings. The summed E-state index contributed by atoms with van der Waals surface area (Å²) in [7, 11) is 0. The number of alkyl halides is 4. The van der Waals surface area contributed by atoms with E-state index in [1.807, 2.05) is 0 Å². The van der Waals surface area contributed by atoms with Crippen LogP contribution in [0.2, 0.25) is 5.02 Å². The van der Waals surface area contributed by atoms with Crippen LogP contribution in [0.3, 0.4) is 0 Å². The van der Waals surface area contributed by atoms with Gasteiger partial charge in [0.1, 0.15) is 4.99 Å². The van der Waals surface area contributed by atoms with Crippen molar-refractivity contribution < 1.29 is 17.6 Å². The molecule has 0 unspecified atom stereocenters. The van der Waals surface area contributed by atoms with Crippen molar-refractivity contribution in [2.75, 3.05) is 11.9 Å². The zero-order chi connectivity index (χ0) is 13.9. The average molecular weight is 301 g/mol. The number of rotatable bonds is 5. The van der Waals surface area contributed by atoms with E-state index in [4.69, 9.17) is 29.6 Å². The fourth-order valence-corrected chi connectivity index (χ4v) is 1.52. The molecule has 0 aliphatic carbocycles. The summed E-state index contributed by atoms with van der Waals surface area (Å²) in [5.74, 6) is -4.14. The number of nitrogens with one attached hydrogen (secondary N) is 1. The first-order chi connectivity index (χ1) is 8.24. The summed E-state index contributed by atoms with van der Waals surface area (Å²) >= 11 is 10.4. The lowest BCUT2D eigenvalue weighted by Gasteiger charge is -2.18. The first kappa shape index (κ1) is 15.0. The van der Waals surface area contributed by atoms with E-state index in [1.165, 1.54) is 18.2 Å². The van der Waals surface area contributed by atoms with Gasteiger partial charge in [-0.2, -0.15) is 8.78 Å². The monoisotopic (exact) mass is 300 g/mol. The molecule has 1 aromatic carbocycles. The molecule has 8 heteroatoms. The number of anilines is 1. The summed E-state index contributed by atoms with van der Waals surface area (Å²) in [6.07, 6.45) is -3.75. The van der Waals surface area contributed by atoms with Crippen molar-refractivity contribution in [2.24, 2.45) is 5.73 Å². The highest BCUT2D eigenvalue weighted by molar-refractivity contribution is 7.80. The number of halogens is 5. The minimum Gasteiger partial charge on any atom is -0.389 e. The Morgan fingerprint density at radius 1 is 1.44 bits per heavy atom. The molecule has 0 saturated carbocycles. The quantitative estimate of drug-likeness (QED) is 0.647. The standard InChI is InChI=1S/C10H9ClF4N2S/c11-5-1-2-6(8(16)18)7(3-5)17-4-10(14,15)9(12)13/h1-3,9,17H,4H2,(H2,16,18). The Labute approximate surface area is 111 Å². The van der Waals surface area contributed by atoms with Gasteiger partial charge in [0, 0.05) is 16.3 Å². The number of benzene rings is 1. The number of hydrogen-bond donors (Lipinski definition) is 2. The van der Waals surface area contributed by atoms with Gasteiger partial charge < -0.3 is 11.1 Å². The Morgan fingerprint density at radius 3 is 2.56 bits per heavy atom. The van der Waals surface area contributed by atoms with Crippen molar-refractivity contribution in [1.29, 1.82) is 0 Å². The second-order valence-electron chi connectivity index (χ2n) is 3.47. The minimum absolute atomic E-state index is 0.0467. The van der Waals surface area contributed by atoms with E-state index >= 15 is 0 Å². The van der Waals surface area contributed by atoms with Crippen LogP contribution in [0.15, 0.2) is 18.2 Å². The van der Waals surface area contributed by atoms with Crippen LogP contribution >= 0.6 is 23.8 Å². The van der Waals surface area contributed by atoms with Gasteiger partial charge in [0.2, 0.25) is 0 Å². The predicted molar refractivity (Wildman–Crippen MR) is 66.8 cm³/mol. The Kier molecular flexibility index (Phi) is 4.75. The van der Waals surface area contributed by atoms with Crippen LogP contribution in [-0.4, -0.2) is 23.9 Å². The summed E-state index contributed by atoms with van der Waals surface area (Å²) in [5.41, 5.74) is 5.73. The fraction of sp³-hybridized carbons (Fsp3) is 0.300. The van der Waals surface area contributed by atoms with Crippen LogP contribution in [-0.2, 0) is 0 Å². The predicted octanol–water partition coefficient (Wildman–Crippen LogP) is 3.29. The molecule has 3 N–H and O–H groups in total. The topological polar surface area (TPSA) is 38.0 Å². The van der Waals surface area contributed by atoms with Gasteiger partial charge in [0.15, 0.2) is 0 Å². The molecule has 2 nitrogen and oxygen atoms in total. The molecule has 0 aliphatic rings. The van der Waals surface area contributed by atoms with Crippen LogP contribution in [0, 0.1) is 0 Å². The van der Waals surface area contributed by atoms with Crippen LogP contribution in [0.4, 0.5) is 23.2 Å². The Morgan fingerprint density at radius 2 is 2.06 bits per heavy atom. The van der Waals surface area contributed by atoms with Crippen LogP contribution < -0.4 is 11.1 Å². The van der Waals surface area contributed by atoms with Gasteiger partial charge in [0.05, 0.1) is 6.54 Å². The van der Waals surface area contributed by atoms with Crippen molar-refractivity contribution >= 4 is 34.5 Å². The maximum atomic E-state index is 12.8. The van der Waals surface area contributed by atoms with Gasteiger partial charge in [-0.05, 0) is 18.2 Å². The molecule has 18 heavy (non-hydrogen) atoms. The fourth-order valence-electron chi connectivity index (χ4n) is 1.17. The van der Waals surface area contributed by atoms with E-state index in [0.29, 0.717) is 0 Å². The second-order valence-corrected chi connectivity index (χ2v) is 4.35. The number of nitrogens with two attached hydrogens (primary N) is 1. The lowest BCUT2D eigenvalue weighted by molar-refractivity contribution is -0.117. The Balaban J connectivity index is 2.90. The average Bonchev–Trinajstić information content (AvgIpc) is 2.26. The van der Waals surface area contributed by atoms with Gasteiger partial charge in [-0.3, -0.25) is 0 Å². The highest BCUT2D eigenvalue weighted by atomic mass is 35.5. The Bertz CT molecular complexity index is 454. The summed E-state index contributed by atoms with van der Waals surface area (Å²) in [5, 5.41) is 2.42. The molecular weight excluding hydrogens is 292 g/mol. The smallest absolute Gasteiger partial charge is 0.324 e. The first-order valence-electron chi connectivity index (χ1n) is 4.73. The van der Waals surface area contributed by atoms with Crippen molar-refractivity contribution in [2.45, 2.75) is 12.3 Å².